The summed E-state index contributed by atoms with van der Waals surface area (Å²) in [5.74, 6) is -0.416. The highest BCUT2D eigenvalue weighted by molar-refractivity contribution is 7.86. The molecule has 1 saturated heterocycles. The molecule has 0 amide bonds. The molecule has 2 N–H and O–H groups in total. The number of anilines is 1. The van der Waals surface area contributed by atoms with Gasteiger partial charge < -0.3 is 10.5 Å². The third-order valence-corrected chi connectivity index (χ3v) is 5.50. The molecule has 1 aliphatic heterocycles. The van der Waals surface area contributed by atoms with Crippen LogP contribution in [0.4, 0.5) is 10.1 Å². The van der Waals surface area contributed by atoms with Crippen molar-refractivity contribution in [3.8, 4) is 0 Å². The molecule has 0 spiro atoms. The smallest absolute Gasteiger partial charge is 0.125 e. The summed E-state index contributed by atoms with van der Waals surface area (Å²) in [5.41, 5.74) is 5.21. The van der Waals surface area contributed by atoms with Crippen molar-refractivity contribution >= 4 is 16.5 Å². The van der Waals surface area contributed by atoms with E-state index < -0.39 is 22.2 Å². The minimum absolute atomic E-state index is 0.157. The van der Waals surface area contributed by atoms with Gasteiger partial charge in [-0.25, -0.2) is 4.39 Å². The van der Waals surface area contributed by atoms with Crippen molar-refractivity contribution in [3.63, 3.8) is 0 Å². The van der Waals surface area contributed by atoms with E-state index in [1.165, 1.54) is 18.2 Å². The van der Waals surface area contributed by atoms with E-state index in [1.54, 1.807) is 0 Å². The van der Waals surface area contributed by atoms with Crippen LogP contribution in [0, 0.1) is 5.82 Å². The van der Waals surface area contributed by atoms with E-state index in [0.29, 0.717) is 11.3 Å². The molecule has 106 valence electrons. The SMILES string of the molecule is CC1(C)CC(S(=O)c2ccc(F)cc2N)C(C)(C)O1. The molecular formula is C14H20FNO2S. The van der Waals surface area contributed by atoms with Gasteiger partial charge in [0.25, 0.3) is 0 Å². The number of hydrogen-bond donors (Lipinski definition) is 1. The van der Waals surface area contributed by atoms with Crippen LogP contribution in [-0.2, 0) is 15.5 Å². The molecule has 2 unspecified atom stereocenters. The van der Waals surface area contributed by atoms with Crippen LogP contribution in [0.15, 0.2) is 23.1 Å². The van der Waals surface area contributed by atoms with Gasteiger partial charge in [0.15, 0.2) is 0 Å². The lowest BCUT2D eigenvalue weighted by Crippen LogP contribution is -2.36. The minimum Gasteiger partial charge on any atom is -0.398 e. The fraction of sp³-hybridized carbons (Fsp3) is 0.571. The zero-order valence-electron chi connectivity index (χ0n) is 11.7. The quantitative estimate of drug-likeness (QED) is 0.850. The highest BCUT2D eigenvalue weighted by Gasteiger charge is 2.49. The lowest BCUT2D eigenvalue weighted by molar-refractivity contribution is -0.0633. The van der Waals surface area contributed by atoms with E-state index in [4.69, 9.17) is 10.5 Å². The fourth-order valence-electron chi connectivity index (χ4n) is 2.70. The van der Waals surface area contributed by atoms with Crippen molar-refractivity contribution in [2.45, 2.75) is 55.5 Å². The van der Waals surface area contributed by atoms with Gasteiger partial charge in [0, 0.05) is 0 Å². The highest BCUT2D eigenvalue weighted by Crippen LogP contribution is 2.42. The number of hydrogen-bond acceptors (Lipinski definition) is 3. The molecule has 0 radical (unpaired) electrons. The monoisotopic (exact) mass is 285 g/mol. The maximum absolute atomic E-state index is 13.1. The van der Waals surface area contributed by atoms with E-state index in [1.807, 2.05) is 27.7 Å². The minimum atomic E-state index is -1.31. The Labute approximate surface area is 115 Å². The summed E-state index contributed by atoms with van der Waals surface area (Å²) in [5, 5.41) is -0.157. The van der Waals surface area contributed by atoms with Gasteiger partial charge in [-0.15, -0.1) is 0 Å². The molecule has 1 aliphatic rings. The molecule has 1 heterocycles. The molecule has 0 aromatic heterocycles. The van der Waals surface area contributed by atoms with Crippen molar-refractivity contribution in [1.29, 1.82) is 0 Å². The molecule has 0 saturated carbocycles. The fourth-order valence-corrected chi connectivity index (χ4v) is 4.62. The van der Waals surface area contributed by atoms with Gasteiger partial charge in [0.2, 0.25) is 0 Å². The van der Waals surface area contributed by atoms with Crippen molar-refractivity contribution < 1.29 is 13.3 Å². The van der Waals surface area contributed by atoms with E-state index >= 15 is 0 Å². The third-order valence-electron chi connectivity index (χ3n) is 3.44. The van der Waals surface area contributed by atoms with Gasteiger partial charge in [-0.1, -0.05) is 0 Å². The Balaban J connectivity index is 2.34. The Morgan fingerprint density at radius 1 is 1.37 bits per heavy atom. The predicted octanol–water partition coefficient (Wildman–Crippen LogP) is 2.86. The van der Waals surface area contributed by atoms with Crippen molar-refractivity contribution in [3.05, 3.63) is 24.0 Å². The molecule has 5 heteroatoms. The standard InChI is InChI=1S/C14H20FNO2S/c1-13(2)8-12(14(3,4)18-13)19(17)11-6-5-9(15)7-10(11)16/h5-7,12H,8,16H2,1-4H3. The summed E-state index contributed by atoms with van der Waals surface area (Å²) in [6, 6.07) is 4.00. The lowest BCUT2D eigenvalue weighted by atomic mass is 10.0. The van der Waals surface area contributed by atoms with Crippen LogP contribution in [0.5, 0.6) is 0 Å². The van der Waals surface area contributed by atoms with Gasteiger partial charge in [0.05, 0.1) is 37.8 Å². The van der Waals surface area contributed by atoms with Crippen LogP contribution in [-0.4, -0.2) is 20.7 Å². The van der Waals surface area contributed by atoms with Gasteiger partial charge in [-0.2, -0.15) is 0 Å². The molecule has 1 aromatic carbocycles. The zero-order chi connectivity index (χ0) is 14.4. The largest absolute Gasteiger partial charge is 0.398 e. The second kappa shape index (κ2) is 4.56. The lowest BCUT2D eigenvalue weighted by Gasteiger charge is -2.27. The summed E-state index contributed by atoms with van der Waals surface area (Å²) < 4.78 is 31.7. The van der Waals surface area contributed by atoms with E-state index in [0.717, 1.165) is 0 Å². The molecular weight excluding hydrogens is 265 g/mol. The van der Waals surface area contributed by atoms with Crippen molar-refractivity contribution in [2.24, 2.45) is 0 Å². The third kappa shape index (κ3) is 2.82. The molecule has 2 rings (SSSR count). The van der Waals surface area contributed by atoms with Crippen LogP contribution >= 0.6 is 0 Å². The number of halogens is 1. The summed E-state index contributed by atoms with van der Waals surface area (Å²) in [6.07, 6.45) is 0.684. The molecule has 0 bridgehead atoms. The first-order valence-corrected chi connectivity index (χ1v) is 7.49. The highest BCUT2D eigenvalue weighted by atomic mass is 32.2. The molecule has 0 aliphatic carbocycles. The van der Waals surface area contributed by atoms with Crippen LogP contribution in [0.3, 0.4) is 0 Å². The molecule has 3 nitrogen and oxygen atoms in total. The first-order chi connectivity index (χ1) is 8.62. The molecule has 2 atom stereocenters. The summed E-state index contributed by atoms with van der Waals surface area (Å²) >= 11 is 0. The van der Waals surface area contributed by atoms with Gasteiger partial charge >= 0.3 is 0 Å². The Morgan fingerprint density at radius 3 is 2.47 bits per heavy atom. The second-order valence-electron chi connectivity index (χ2n) is 6.14. The Hall–Kier alpha value is -0.940. The predicted molar refractivity (Wildman–Crippen MR) is 74.9 cm³/mol. The van der Waals surface area contributed by atoms with Gasteiger partial charge in [-0.05, 0) is 52.3 Å². The van der Waals surface area contributed by atoms with E-state index in [2.05, 4.69) is 0 Å². The average molecular weight is 285 g/mol. The summed E-state index contributed by atoms with van der Waals surface area (Å²) in [6.45, 7) is 7.84. The van der Waals surface area contributed by atoms with Crippen molar-refractivity contribution in [1.82, 2.24) is 0 Å². The first kappa shape index (κ1) is 14.5. The number of ether oxygens (including phenoxy) is 1. The summed E-state index contributed by atoms with van der Waals surface area (Å²) in [4.78, 5) is 0.487. The number of nitrogen functional groups attached to an aromatic ring is 1. The van der Waals surface area contributed by atoms with E-state index in [-0.39, 0.29) is 16.5 Å². The Morgan fingerprint density at radius 2 is 2.00 bits per heavy atom. The molecule has 19 heavy (non-hydrogen) atoms. The van der Waals surface area contributed by atoms with Crippen LogP contribution in [0.1, 0.15) is 34.1 Å². The maximum Gasteiger partial charge on any atom is 0.125 e. The van der Waals surface area contributed by atoms with Gasteiger partial charge in [0.1, 0.15) is 5.82 Å². The number of nitrogens with two attached hydrogens (primary N) is 1. The topological polar surface area (TPSA) is 52.3 Å². The first-order valence-electron chi connectivity index (χ1n) is 6.28. The normalized spacial score (nSPS) is 26.3. The zero-order valence-corrected chi connectivity index (χ0v) is 12.5. The van der Waals surface area contributed by atoms with Crippen LogP contribution in [0.25, 0.3) is 0 Å². The van der Waals surface area contributed by atoms with E-state index in [9.17, 15) is 8.60 Å². The maximum atomic E-state index is 13.1. The van der Waals surface area contributed by atoms with Gasteiger partial charge in [-0.3, -0.25) is 4.21 Å². The molecule has 1 aromatic rings. The Bertz CT molecular complexity index is 528. The van der Waals surface area contributed by atoms with Crippen molar-refractivity contribution in [2.75, 3.05) is 5.73 Å². The molecule has 1 fully saturated rings. The number of rotatable bonds is 2. The summed E-state index contributed by atoms with van der Waals surface area (Å²) in [7, 11) is -1.31. The van der Waals surface area contributed by atoms with Crippen LogP contribution in [0.2, 0.25) is 0 Å². The average Bonchev–Trinajstić information content (AvgIpc) is 2.45. The van der Waals surface area contributed by atoms with Crippen LogP contribution < -0.4 is 5.73 Å². The number of benzene rings is 1. The Kier molecular flexibility index (Phi) is 3.47. The second-order valence-corrected chi connectivity index (χ2v) is 7.74.